The van der Waals surface area contributed by atoms with E-state index in [9.17, 15) is 5.11 Å². The van der Waals surface area contributed by atoms with Gasteiger partial charge in [0.2, 0.25) is 5.82 Å². The fraction of sp³-hybridized carbons (Fsp3) is 0.353. The topological polar surface area (TPSA) is 98.7 Å². The number of aryl methyl sites for hydroxylation is 1. The summed E-state index contributed by atoms with van der Waals surface area (Å²) in [6.07, 6.45) is 2.32. The first kappa shape index (κ1) is 16.4. The van der Waals surface area contributed by atoms with Crippen molar-refractivity contribution >= 4 is 6.01 Å². The SMILES string of the molecule is COc1ccc(-c2noc(N3C[C@@H](O)[C@H](Oc4cnn(C)c4)C3)n2)cc1. The van der Waals surface area contributed by atoms with E-state index in [2.05, 4.69) is 15.2 Å². The molecule has 1 N–H and O–H groups in total. The molecule has 2 aromatic heterocycles. The van der Waals surface area contributed by atoms with Crippen molar-refractivity contribution in [3.63, 3.8) is 0 Å². The molecule has 0 amide bonds. The molecule has 9 heteroatoms. The summed E-state index contributed by atoms with van der Waals surface area (Å²) < 4.78 is 18.0. The summed E-state index contributed by atoms with van der Waals surface area (Å²) in [6, 6.07) is 7.75. The third kappa shape index (κ3) is 3.21. The number of benzene rings is 1. The molecular formula is C17H19N5O4. The van der Waals surface area contributed by atoms with Crippen molar-refractivity contribution in [2.75, 3.05) is 25.1 Å². The van der Waals surface area contributed by atoms with Crippen LogP contribution in [0.2, 0.25) is 0 Å². The summed E-state index contributed by atoms with van der Waals surface area (Å²) in [4.78, 5) is 6.23. The number of aliphatic hydroxyl groups excluding tert-OH is 1. The second-order valence-corrected chi connectivity index (χ2v) is 6.11. The predicted molar refractivity (Wildman–Crippen MR) is 92.1 cm³/mol. The van der Waals surface area contributed by atoms with Crippen molar-refractivity contribution in [2.24, 2.45) is 7.05 Å². The average Bonchev–Trinajstić information content (AvgIpc) is 3.37. The predicted octanol–water partition coefficient (Wildman–Crippen LogP) is 1.11. The van der Waals surface area contributed by atoms with Crippen molar-refractivity contribution in [3.8, 4) is 22.9 Å². The van der Waals surface area contributed by atoms with E-state index in [0.717, 1.165) is 11.3 Å². The van der Waals surface area contributed by atoms with Crippen LogP contribution in [0.25, 0.3) is 11.4 Å². The van der Waals surface area contributed by atoms with E-state index in [1.54, 1.807) is 24.2 Å². The highest BCUT2D eigenvalue weighted by Crippen LogP contribution is 2.26. The number of nitrogens with zero attached hydrogens (tertiary/aromatic N) is 5. The van der Waals surface area contributed by atoms with Crippen LogP contribution in [0.5, 0.6) is 11.5 Å². The quantitative estimate of drug-likeness (QED) is 0.725. The Hall–Kier alpha value is -3.07. The number of β-amino-alcohol motifs (C(OH)–C–C–N with tert-alkyl or cyclic N) is 1. The molecule has 0 bridgehead atoms. The maximum absolute atomic E-state index is 10.3. The number of aromatic nitrogens is 4. The van der Waals surface area contributed by atoms with Gasteiger partial charge in [-0.05, 0) is 24.3 Å². The van der Waals surface area contributed by atoms with Crippen LogP contribution in [0.15, 0.2) is 41.2 Å². The Morgan fingerprint density at radius 2 is 2.00 bits per heavy atom. The Kier molecular flexibility index (Phi) is 4.21. The van der Waals surface area contributed by atoms with Gasteiger partial charge in [0.15, 0.2) is 5.75 Å². The third-order valence-electron chi connectivity index (χ3n) is 4.24. The zero-order valence-electron chi connectivity index (χ0n) is 14.4. The molecule has 136 valence electrons. The second-order valence-electron chi connectivity index (χ2n) is 6.11. The Morgan fingerprint density at radius 1 is 1.19 bits per heavy atom. The van der Waals surface area contributed by atoms with Crippen LogP contribution in [0, 0.1) is 0 Å². The van der Waals surface area contributed by atoms with E-state index in [-0.39, 0.29) is 0 Å². The minimum Gasteiger partial charge on any atom is -0.497 e. The molecular weight excluding hydrogens is 338 g/mol. The molecule has 4 rings (SSSR count). The highest BCUT2D eigenvalue weighted by atomic mass is 16.5. The molecule has 3 heterocycles. The van der Waals surface area contributed by atoms with E-state index in [0.29, 0.717) is 30.7 Å². The Morgan fingerprint density at radius 3 is 2.69 bits per heavy atom. The molecule has 3 aromatic rings. The summed E-state index contributed by atoms with van der Waals surface area (Å²) in [5.74, 6) is 1.85. The molecule has 0 unspecified atom stereocenters. The molecule has 0 saturated carbocycles. The normalized spacial score (nSPS) is 19.7. The van der Waals surface area contributed by atoms with E-state index < -0.39 is 12.2 Å². The van der Waals surface area contributed by atoms with Gasteiger partial charge in [0.25, 0.3) is 0 Å². The van der Waals surface area contributed by atoms with Crippen molar-refractivity contribution in [1.29, 1.82) is 0 Å². The second kappa shape index (κ2) is 6.68. The fourth-order valence-corrected chi connectivity index (χ4v) is 2.86. The summed E-state index contributed by atoms with van der Waals surface area (Å²) in [5, 5.41) is 18.3. The lowest BCUT2D eigenvalue weighted by Gasteiger charge is -2.14. The highest BCUT2D eigenvalue weighted by molar-refractivity contribution is 5.57. The number of aliphatic hydroxyl groups is 1. The van der Waals surface area contributed by atoms with Gasteiger partial charge in [-0.1, -0.05) is 5.16 Å². The molecule has 0 radical (unpaired) electrons. The maximum atomic E-state index is 10.3. The number of hydrogen-bond donors (Lipinski definition) is 1. The molecule has 1 saturated heterocycles. The fourth-order valence-electron chi connectivity index (χ4n) is 2.86. The minimum absolute atomic E-state index is 0.354. The van der Waals surface area contributed by atoms with Gasteiger partial charge in [-0.3, -0.25) is 4.68 Å². The van der Waals surface area contributed by atoms with Crippen LogP contribution in [0.4, 0.5) is 6.01 Å². The number of anilines is 1. The van der Waals surface area contributed by atoms with Gasteiger partial charge in [0.1, 0.15) is 18.0 Å². The van der Waals surface area contributed by atoms with Crippen LogP contribution in [0.1, 0.15) is 0 Å². The Balaban J connectivity index is 1.45. The first-order chi connectivity index (χ1) is 12.6. The monoisotopic (exact) mass is 357 g/mol. The van der Waals surface area contributed by atoms with Gasteiger partial charge in [0, 0.05) is 12.6 Å². The van der Waals surface area contributed by atoms with Gasteiger partial charge in [-0.25, -0.2) is 0 Å². The lowest BCUT2D eigenvalue weighted by molar-refractivity contribution is 0.0737. The summed E-state index contributed by atoms with van der Waals surface area (Å²) in [6.45, 7) is 0.801. The van der Waals surface area contributed by atoms with Gasteiger partial charge < -0.3 is 24.0 Å². The van der Waals surface area contributed by atoms with Gasteiger partial charge in [0.05, 0.1) is 32.6 Å². The maximum Gasteiger partial charge on any atom is 0.324 e. The van der Waals surface area contributed by atoms with Crippen LogP contribution in [-0.2, 0) is 7.05 Å². The van der Waals surface area contributed by atoms with E-state index in [4.69, 9.17) is 14.0 Å². The molecule has 9 nitrogen and oxygen atoms in total. The molecule has 2 atom stereocenters. The molecule has 1 aliphatic heterocycles. The van der Waals surface area contributed by atoms with Gasteiger partial charge in [-0.2, -0.15) is 10.1 Å². The molecule has 1 aromatic carbocycles. The van der Waals surface area contributed by atoms with E-state index >= 15 is 0 Å². The summed E-state index contributed by atoms with van der Waals surface area (Å²) >= 11 is 0. The average molecular weight is 357 g/mol. The lowest BCUT2D eigenvalue weighted by Crippen LogP contribution is -2.29. The first-order valence-electron chi connectivity index (χ1n) is 8.19. The van der Waals surface area contributed by atoms with Gasteiger partial charge in [-0.15, -0.1) is 0 Å². The number of methoxy groups -OCH3 is 1. The molecule has 0 spiro atoms. The molecule has 26 heavy (non-hydrogen) atoms. The van der Waals surface area contributed by atoms with Gasteiger partial charge >= 0.3 is 6.01 Å². The van der Waals surface area contributed by atoms with Crippen molar-refractivity contribution in [3.05, 3.63) is 36.7 Å². The van der Waals surface area contributed by atoms with Crippen LogP contribution >= 0.6 is 0 Å². The molecule has 1 aliphatic rings. The molecule has 0 aliphatic carbocycles. The lowest BCUT2D eigenvalue weighted by atomic mass is 10.2. The Bertz CT molecular complexity index is 875. The number of ether oxygens (including phenoxy) is 2. The van der Waals surface area contributed by atoms with Crippen molar-refractivity contribution < 1.29 is 19.1 Å². The van der Waals surface area contributed by atoms with E-state index in [1.165, 1.54) is 0 Å². The zero-order chi connectivity index (χ0) is 18.1. The Labute approximate surface area is 149 Å². The largest absolute Gasteiger partial charge is 0.497 e. The summed E-state index contributed by atoms with van der Waals surface area (Å²) in [7, 11) is 3.42. The van der Waals surface area contributed by atoms with Crippen molar-refractivity contribution in [1.82, 2.24) is 19.9 Å². The smallest absolute Gasteiger partial charge is 0.324 e. The third-order valence-corrected chi connectivity index (χ3v) is 4.24. The van der Waals surface area contributed by atoms with Crippen LogP contribution in [-0.4, -0.2) is 57.4 Å². The number of rotatable bonds is 5. The standard InChI is InChI=1S/C17H19N5O4/c1-21-8-13(7-18-21)25-15-10-22(9-14(15)23)17-19-16(20-26-17)11-3-5-12(24-2)6-4-11/h3-8,14-15,23H,9-10H2,1-2H3/t14-,15-/m1/s1. The highest BCUT2D eigenvalue weighted by Gasteiger charge is 2.36. The minimum atomic E-state index is -0.661. The first-order valence-corrected chi connectivity index (χ1v) is 8.19. The zero-order valence-corrected chi connectivity index (χ0v) is 14.4. The van der Waals surface area contributed by atoms with Crippen LogP contribution < -0.4 is 14.4 Å². The number of hydrogen-bond acceptors (Lipinski definition) is 8. The van der Waals surface area contributed by atoms with Crippen molar-refractivity contribution in [2.45, 2.75) is 12.2 Å². The summed E-state index contributed by atoms with van der Waals surface area (Å²) in [5.41, 5.74) is 0.823. The molecule has 1 fully saturated rings. The van der Waals surface area contributed by atoms with E-state index in [1.807, 2.05) is 36.2 Å². The van der Waals surface area contributed by atoms with Crippen LogP contribution in [0.3, 0.4) is 0 Å².